The van der Waals surface area contributed by atoms with E-state index in [1.807, 2.05) is 36.5 Å². The summed E-state index contributed by atoms with van der Waals surface area (Å²) in [5, 5.41) is 14.9. The number of phenols is 1. The number of H-pyrrole nitrogens is 1. The monoisotopic (exact) mass is 330 g/mol. The Morgan fingerprint density at radius 1 is 1.39 bits per heavy atom. The van der Waals surface area contributed by atoms with Gasteiger partial charge in [0.1, 0.15) is 22.6 Å². The van der Waals surface area contributed by atoms with Gasteiger partial charge in [-0.05, 0) is 37.7 Å². The van der Waals surface area contributed by atoms with Gasteiger partial charge in [0.2, 0.25) is 0 Å². The van der Waals surface area contributed by atoms with E-state index in [4.69, 9.17) is 0 Å². The van der Waals surface area contributed by atoms with Crippen LogP contribution in [0.4, 0.5) is 0 Å². The summed E-state index contributed by atoms with van der Waals surface area (Å²) < 4.78 is 0. The largest absolute Gasteiger partial charge is 0.506 e. The van der Waals surface area contributed by atoms with Crippen LogP contribution in [0.2, 0.25) is 0 Å². The van der Waals surface area contributed by atoms with Crippen LogP contribution in [0.25, 0.3) is 21.7 Å². The van der Waals surface area contributed by atoms with Gasteiger partial charge in [-0.25, -0.2) is 4.98 Å². The zero-order chi connectivity index (χ0) is 16.4. The Kier molecular flexibility index (Phi) is 4.31. The summed E-state index contributed by atoms with van der Waals surface area (Å²) >= 11 is 1.55. The molecule has 0 unspecified atom stereocenters. The summed E-state index contributed by atoms with van der Waals surface area (Å²) in [5.74, 6) is 0.542. The number of rotatable bonds is 5. The first-order chi connectivity index (χ1) is 11.1. The second-order valence-corrected chi connectivity index (χ2v) is 6.43. The predicted molar refractivity (Wildman–Crippen MR) is 92.0 cm³/mol. The number of likely N-dealkylation sites (N-methyl/N-ethyl adjacent to an activating group) is 1. The zero-order valence-corrected chi connectivity index (χ0v) is 13.8. The number of carbonyl (C=O) groups is 1. The molecule has 0 aliphatic heterocycles. The maximum Gasteiger partial charge on any atom is 0.253 e. The number of thiophene rings is 1. The van der Waals surface area contributed by atoms with Crippen LogP contribution < -0.4 is 5.32 Å². The van der Waals surface area contributed by atoms with Crippen LogP contribution in [0, 0.1) is 0 Å². The van der Waals surface area contributed by atoms with Gasteiger partial charge in [0.25, 0.3) is 5.91 Å². The summed E-state index contributed by atoms with van der Waals surface area (Å²) in [5.41, 5.74) is 1.42. The molecule has 3 aromatic rings. The molecule has 1 aromatic carbocycles. The minimum Gasteiger partial charge on any atom is -0.506 e. The number of nitrogens with zero attached hydrogens (tertiary/aromatic N) is 2. The molecule has 0 aliphatic rings. The maximum atomic E-state index is 12.4. The van der Waals surface area contributed by atoms with Crippen molar-refractivity contribution in [1.29, 1.82) is 0 Å². The molecule has 0 fully saturated rings. The highest BCUT2D eigenvalue weighted by atomic mass is 32.1. The van der Waals surface area contributed by atoms with E-state index in [9.17, 15) is 9.90 Å². The maximum absolute atomic E-state index is 12.4. The molecule has 23 heavy (non-hydrogen) atoms. The van der Waals surface area contributed by atoms with Crippen molar-refractivity contribution in [2.45, 2.75) is 0 Å². The number of carbonyl (C=O) groups excluding carboxylic acids is 1. The summed E-state index contributed by atoms with van der Waals surface area (Å²) in [6, 6.07) is 6.99. The number of fused-ring (bicyclic) bond motifs is 1. The van der Waals surface area contributed by atoms with Crippen molar-refractivity contribution in [3.05, 3.63) is 35.2 Å². The molecule has 0 saturated heterocycles. The molecule has 0 aliphatic carbocycles. The van der Waals surface area contributed by atoms with Gasteiger partial charge < -0.3 is 20.3 Å². The first-order valence-electron chi connectivity index (χ1n) is 7.25. The topological polar surface area (TPSA) is 81.3 Å². The van der Waals surface area contributed by atoms with E-state index in [0.717, 1.165) is 11.4 Å². The third-order valence-electron chi connectivity index (χ3n) is 3.47. The summed E-state index contributed by atoms with van der Waals surface area (Å²) in [6.07, 6.45) is 0. The lowest BCUT2D eigenvalue weighted by Gasteiger charge is -2.10. The highest BCUT2D eigenvalue weighted by Crippen LogP contribution is 2.30. The Morgan fingerprint density at radius 2 is 2.22 bits per heavy atom. The molecule has 0 spiro atoms. The molecule has 7 heteroatoms. The molecule has 0 bridgehead atoms. The molecule has 1 amide bonds. The fourth-order valence-corrected chi connectivity index (χ4v) is 2.95. The van der Waals surface area contributed by atoms with Crippen molar-refractivity contribution in [3.8, 4) is 16.5 Å². The van der Waals surface area contributed by atoms with Crippen LogP contribution in [0.5, 0.6) is 5.75 Å². The lowest BCUT2D eigenvalue weighted by molar-refractivity contribution is 0.0952. The quantitative estimate of drug-likeness (QED) is 0.670. The SMILES string of the molecule is CN(C)CCNC(=O)c1ccc(O)c2[nH]c(-c3cccs3)nc12. The van der Waals surface area contributed by atoms with Crippen LogP contribution in [0.3, 0.4) is 0 Å². The average Bonchev–Trinajstić information content (AvgIpc) is 3.16. The highest BCUT2D eigenvalue weighted by molar-refractivity contribution is 7.13. The molecule has 2 heterocycles. The van der Waals surface area contributed by atoms with Gasteiger partial charge in [-0.15, -0.1) is 11.3 Å². The Balaban J connectivity index is 1.94. The van der Waals surface area contributed by atoms with Gasteiger partial charge in [-0.1, -0.05) is 6.07 Å². The van der Waals surface area contributed by atoms with Crippen molar-refractivity contribution in [2.24, 2.45) is 0 Å². The standard InChI is InChI=1S/C16H18N4O2S/c1-20(2)8-7-17-16(22)10-5-6-11(21)14-13(10)18-15(19-14)12-4-3-9-23-12/h3-6,9,21H,7-8H2,1-2H3,(H,17,22)(H,18,19). The number of aromatic hydroxyl groups is 1. The van der Waals surface area contributed by atoms with Gasteiger partial charge in [0.05, 0.1) is 10.4 Å². The number of aromatic nitrogens is 2. The minimum atomic E-state index is -0.193. The second kappa shape index (κ2) is 6.39. The van der Waals surface area contributed by atoms with Crippen LogP contribution in [-0.4, -0.2) is 53.1 Å². The number of phenolic OH excluding ortho intramolecular Hbond substituents is 1. The molecule has 0 atom stereocenters. The van der Waals surface area contributed by atoms with Crippen molar-refractivity contribution in [1.82, 2.24) is 20.2 Å². The van der Waals surface area contributed by atoms with Gasteiger partial charge in [-0.2, -0.15) is 0 Å². The van der Waals surface area contributed by atoms with E-state index in [1.54, 1.807) is 17.4 Å². The summed E-state index contributed by atoms with van der Waals surface area (Å²) in [6.45, 7) is 1.31. The van der Waals surface area contributed by atoms with Crippen LogP contribution in [0.15, 0.2) is 29.6 Å². The van der Waals surface area contributed by atoms with E-state index >= 15 is 0 Å². The minimum absolute atomic E-state index is 0.0835. The number of nitrogens with one attached hydrogen (secondary N) is 2. The van der Waals surface area contributed by atoms with Gasteiger partial charge in [0, 0.05) is 13.1 Å². The Hall–Kier alpha value is -2.38. The van der Waals surface area contributed by atoms with Crippen LogP contribution >= 0.6 is 11.3 Å². The van der Waals surface area contributed by atoms with Crippen LogP contribution in [0.1, 0.15) is 10.4 Å². The van der Waals surface area contributed by atoms with Crippen LogP contribution in [-0.2, 0) is 0 Å². The molecule has 2 aromatic heterocycles. The Bertz CT molecular complexity index is 824. The number of amides is 1. The molecular formula is C16H18N4O2S. The number of imidazole rings is 1. The second-order valence-electron chi connectivity index (χ2n) is 5.48. The summed E-state index contributed by atoms with van der Waals surface area (Å²) in [7, 11) is 3.90. The van der Waals surface area contributed by atoms with Crippen molar-refractivity contribution < 1.29 is 9.90 Å². The molecule has 0 saturated carbocycles. The first-order valence-corrected chi connectivity index (χ1v) is 8.12. The molecular weight excluding hydrogens is 312 g/mol. The van der Waals surface area contributed by atoms with Crippen molar-refractivity contribution in [2.75, 3.05) is 27.2 Å². The first kappa shape index (κ1) is 15.5. The third-order valence-corrected chi connectivity index (χ3v) is 4.34. The highest BCUT2D eigenvalue weighted by Gasteiger charge is 2.17. The number of hydrogen-bond acceptors (Lipinski definition) is 5. The molecule has 3 rings (SSSR count). The molecule has 120 valence electrons. The Labute approximate surface area is 137 Å². The lowest BCUT2D eigenvalue weighted by atomic mass is 10.1. The van der Waals surface area contributed by atoms with Crippen molar-refractivity contribution >= 4 is 28.3 Å². The lowest BCUT2D eigenvalue weighted by Crippen LogP contribution is -2.31. The fourth-order valence-electron chi connectivity index (χ4n) is 2.28. The van der Waals surface area contributed by atoms with E-state index in [0.29, 0.717) is 29.0 Å². The number of aromatic amines is 1. The summed E-state index contributed by atoms with van der Waals surface area (Å²) in [4.78, 5) is 22.9. The molecule has 6 nitrogen and oxygen atoms in total. The Morgan fingerprint density at radius 3 is 2.91 bits per heavy atom. The van der Waals surface area contributed by atoms with Gasteiger partial charge in [-0.3, -0.25) is 4.79 Å². The van der Waals surface area contributed by atoms with Gasteiger partial charge >= 0.3 is 0 Å². The normalized spacial score (nSPS) is 11.3. The smallest absolute Gasteiger partial charge is 0.253 e. The number of hydrogen-bond donors (Lipinski definition) is 3. The van der Waals surface area contributed by atoms with E-state index < -0.39 is 0 Å². The number of benzene rings is 1. The zero-order valence-electron chi connectivity index (χ0n) is 13.0. The van der Waals surface area contributed by atoms with E-state index in [-0.39, 0.29) is 11.7 Å². The van der Waals surface area contributed by atoms with E-state index in [2.05, 4.69) is 15.3 Å². The third kappa shape index (κ3) is 3.20. The van der Waals surface area contributed by atoms with E-state index in [1.165, 1.54) is 6.07 Å². The molecule has 0 radical (unpaired) electrons. The fraction of sp³-hybridized carbons (Fsp3) is 0.250. The van der Waals surface area contributed by atoms with Crippen molar-refractivity contribution in [3.63, 3.8) is 0 Å². The van der Waals surface area contributed by atoms with Gasteiger partial charge in [0.15, 0.2) is 0 Å². The average molecular weight is 330 g/mol. The molecule has 3 N–H and O–H groups in total. The predicted octanol–water partition coefficient (Wildman–Crippen LogP) is 2.29.